The molecule has 0 bridgehead atoms. The minimum absolute atomic E-state index is 0.0772. The number of hydrogen-bond donors (Lipinski definition) is 0. The second-order valence-electron chi connectivity index (χ2n) is 6.94. The minimum atomic E-state index is -0.956. The van der Waals surface area contributed by atoms with Crippen molar-refractivity contribution in [3.63, 3.8) is 0 Å². The topological polar surface area (TPSA) is 92.0 Å². The molecular weight excluding hydrogens is 388 g/mol. The van der Waals surface area contributed by atoms with E-state index in [1.807, 2.05) is 19.9 Å². The van der Waals surface area contributed by atoms with E-state index in [9.17, 15) is 14.4 Å². The van der Waals surface area contributed by atoms with Crippen LogP contribution in [0.5, 0.6) is 11.5 Å². The van der Waals surface area contributed by atoms with E-state index in [1.165, 1.54) is 38.9 Å². The van der Waals surface area contributed by atoms with Crippen LogP contribution in [0.4, 0.5) is 0 Å². The number of carbonyl (C=O) groups excluding carboxylic acids is 3. The zero-order chi connectivity index (χ0) is 21.8. The summed E-state index contributed by atoms with van der Waals surface area (Å²) in [4.78, 5) is 38.8. The van der Waals surface area contributed by atoms with Crippen LogP contribution in [0.2, 0.25) is 0 Å². The predicted octanol–water partition coefficient (Wildman–Crippen LogP) is 4.18. The zero-order valence-electron chi connectivity index (χ0n) is 17.2. The summed E-state index contributed by atoms with van der Waals surface area (Å²) in [5, 5.41) is 0. The Morgan fingerprint density at radius 1 is 1.07 bits per heavy atom. The average molecular weight is 410 g/mol. The average Bonchev–Trinajstić information content (AvgIpc) is 3.27. The SMILES string of the molecule is COc1ccc(OC)c2c1C(=O)C=C([C@@H](CC=C(C)C)OC(=O)c1ccoc1)C2=O. The fourth-order valence-corrected chi connectivity index (χ4v) is 3.20. The molecule has 156 valence electrons. The van der Waals surface area contributed by atoms with Crippen molar-refractivity contribution in [3.8, 4) is 11.5 Å². The number of Topliss-reactive ketones (excluding diaryl/α,β-unsaturated/α-hetero) is 1. The van der Waals surface area contributed by atoms with Gasteiger partial charge in [0.1, 0.15) is 23.9 Å². The number of fused-ring (bicyclic) bond motifs is 1. The lowest BCUT2D eigenvalue weighted by Crippen LogP contribution is -2.29. The third kappa shape index (κ3) is 4.05. The Balaban J connectivity index is 2.05. The van der Waals surface area contributed by atoms with Crippen LogP contribution in [0.25, 0.3) is 0 Å². The number of ether oxygens (including phenoxy) is 3. The molecule has 0 saturated heterocycles. The summed E-state index contributed by atoms with van der Waals surface area (Å²) in [7, 11) is 2.83. The summed E-state index contributed by atoms with van der Waals surface area (Å²) in [6, 6.07) is 4.60. The molecule has 0 amide bonds. The molecule has 0 saturated carbocycles. The van der Waals surface area contributed by atoms with E-state index in [0.29, 0.717) is 0 Å². The van der Waals surface area contributed by atoms with Crippen LogP contribution < -0.4 is 9.47 Å². The third-order valence-electron chi connectivity index (χ3n) is 4.68. The molecule has 1 atom stereocenters. The molecule has 3 rings (SSSR count). The number of benzene rings is 1. The van der Waals surface area contributed by atoms with Gasteiger partial charge in [0.15, 0.2) is 11.6 Å². The highest BCUT2D eigenvalue weighted by molar-refractivity contribution is 6.27. The van der Waals surface area contributed by atoms with Gasteiger partial charge in [0.05, 0.1) is 37.2 Å². The van der Waals surface area contributed by atoms with E-state index in [-0.39, 0.29) is 40.2 Å². The molecule has 0 N–H and O–H groups in total. The molecule has 0 unspecified atom stereocenters. The van der Waals surface area contributed by atoms with E-state index in [2.05, 4.69) is 0 Å². The highest BCUT2D eigenvalue weighted by Crippen LogP contribution is 2.37. The monoisotopic (exact) mass is 410 g/mol. The van der Waals surface area contributed by atoms with Crippen LogP contribution in [0.15, 0.2) is 58.4 Å². The lowest BCUT2D eigenvalue weighted by atomic mass is 9.85. The number of rotatable bonds is 7. The van der Waals surface area contributed by atoms with Gasteiger partial charge in [-0.05, 0) is 38.1 Å². The van der Waals surface area contributed by atoms with E-state index in [4.69, 9.17) is 18.6 Å². The van der Waals surface area contributed by atoms with Crippen LogP contribution in [0, 0.1) is 0 Å². The Morgan fingerprint density at radius 3 is 2.30 bits per heavy atom. The van der Waals surface area contributed by atoms with Crippen molar-refractivity contribution < 1.29 is 33.0 Å². The lowest BCUT2D eigenvalue weighted by molar-refractivity contribution is 0.0372. The first-order valence-electron chi connectivity index (χ1n) is 9.29. The van der Waals surface area contributed by atoms with Gasteiger partial charge in [0.2, 0.25) is 0 Å². The van der Waals surface area contributed by atoms with Gasteiger partial charge in [-0.3, -0.25) is 9.59 Å². The van der Waals surface area contributed by atoms with Crippen molar-refractivity contribution in [2.45, 2.75) is 26.4 Å². The zero-order valence-corrected chi connectivity index (χ0v) is 17.2. The maximum atomic E-state index is 13.4. The van der Waals surface area contributed by atoms with Gasteiger partial charge < -0.3 is 18.6 Å². The van der Waals surface area contributed by atoms with E-state index < -0.39 is 23.6 Å². The van der Waals surface area contributed by atoms with Crippen LogP contribution in [0.3, 0.4) is 0 Å². The molecule has 1 aromatic heterocycles. The number of hydrogen-bond acceptors (Lipinski definition) is 7. The highest BCUT2D eigenvalue weighted by Gasteiger charge is 2.36. The van der Waals surface area contributed by atoms with Gasteiger partial charge in [0, 0.05) is 12.0 Å². The Bertz CT molecular complexity index is 1040. The van der Waals surface area contributed by atoms with Gasteiger partial charge in [-0.2, -0.15) is 0 Å². The quantitative estimate of drug-likeness (QED) is 0.499. The largest absolute Gasteiger partial charge is 0.496 e. The van der Waals surface area contributed by atoms with Crippen molar-refractivity contribution >= 4 is 17.5 Å². The first-order valence-corrected chi connectivity index (χ1v) is 9.29. The highest BCUT2D eigenvalue weighted by atomic mass is 16.5. The van der Waals surface area contributed by atoms with Crippen LogP contribution >= 0.6 is 0 Å². The normalized spacial score (nSPS) is 13.8. The van der Waals surface area contributed by atoms with Crippen LogP contribution in [0.1, 0.15) is 51.3 Å². The Hall–Kier alpha value is -3.61. The minimum Gasteiger partial charge on any atom is -0.496 e. The first kappa shape index (κ1) is 21.1. The fourth-order valence-electron chi connectivity index (χ4n) is 3.20. The number of furan rings is 1. The number of ketones is 2. The van der Waals surface area contributed by atoms with E-state index in [0.717, 1.165) is 5.57 Å². The smallest absolute Gasteiger partial charge is 0.342 e. The molecule has 1 aliphatic rings. The molecule has 0 radical (unpaired) electrons. The molecule has 0 fully saturated rings. The summed E-state index contributed by atoms with van der Waals surface area (Å²) in [6.45, 7) is 3.78. The Kier molecular flexibility index (Phi) is 6.20. The summed E-state index contributed by atoms with van der Waals surface area (Å²) in [5.74, 6) is -1.00. The van der Waals surface area contributed by atoms with Crippen molar-refractivity contribution in [1.29, 1.82) is 0 Å². The molecule has 1 heterocycles. The first-order chi connectivity index (χ1) is 14.4. The lowest BCUT2D eigenvalue weighted by Gasteiger charge is -2.24. The van der Waals surface area contributed by atoms with Gasteiger partial charge in [-0.15, -0.1) is 0 Å². The third-order valence-corrected chi connectivity index (χ3v) is 4.68. The van der Waals surface area contributed by atoms with Gasteiger partial charge >= 0.3 is 5.97 Å². The molecule has 1 aromatic carbocycles. The van der Waals surface area contributed by atoms with E-state index >= 15 is 0 Å². The van der Waals surface area contributed by atoms with Crippen molar-refractivity contribution in [2.75, 3.05) is 14.2 Å². The summed E-state index contributed by atoms with van der Waals surface area (Å²) in [5.41, 5.74) is 1.50. The standard InChI is InChI=1S/C23H22O7/c1-13(2)5-6-17(30-23(26)14-9-10-29-12-14)15-11-16(24)20-18(27-3)7-8-19(28-4)21(20)22(15)25/h5,7-12,17H,6H2,1-4H3/t17-/m1/s1. The number of esters is 1. The molecule has 30 heavy (non-hydrogen) atoms. The Morgan fingerprint density at radius 2 is 1.73 bits per heavy atom. The molecule has 0 aliphatic heterocycles. The molecule has 7 heteroatoms. The molecule has 2 aromatic rings. The number of carbonyl (C=O) groups is 3. The molecule has 0 spiro atoms. The molecular formula is C23H22O7. The van der Waals surface area contributed by atoms with Gasteiger partial charge in [-0.25, -0.2) is 4.79 Å². The van der Waals surface area contributed by atoms with Crippen molar-refractivity contribution in [3.05, 3.63) is 70.7 Å². The fraction of sp³-hybridized carbons (Fsp3) is 0.261. The maximum Gasteiger partial charge on any atom is 0.342 e. The second kappa shape index (κ2) is 8.82. The van der Waals surface area contributed by atoms with E-state index in [1.54, 1.807) is 12.1 Å². The number of allylic oxidation sites excluding steroid dienone is 2. The van der Waals surface area contributed by atoms with Crippen molar-refractivity contribution in [1.82, 2.24) is 0 Å². The van der Waals surface area contributed by atoms with Gasteiger partial charge in [-0.1, -0.05) is 11.6 Å². The summed E-state index contributed by atoms with van der Waals surface area (Å²) >= 11 is 0. The van der Waals surface area contributed by atoms with Crippen LogP contribution in [-0.4, -0.2) is 37.9 Å². The van der Waals surface area contributed by atoms with Crippen molar-refractivity contribution in [2.24, 2.45) is 0 Å². The second-order valence-corrected chi connectivity index (χ2v) is 6.94. The summed E-state index contributed by atoms with van der Waals surface area (Å²) < 4.78 is 21.1. The maximum absolute atomic E-state index is 13.4. The molecule has 1 aliphatic carbocycles. The summed E-state index contributed by atoms with van der Waals surface area (Å²) in [6.07, 6.45) is 4.93. The van der Waals surface area contributed by atoms with Crippen LogP contribution in [-0.2, 0) is 4.74 Å². The Labute approximate surface area is 173 Å². The molecule has 7 nitrogen and oxygen atoms in total. The van der Waals surface area contributed by atoms with Gasteiger partial charge in [0.25, 0.3) is 0 Å². The predicted molar refractivity (Wildman–Crippen MR) is 108 cm³/mol. The number of methoxy groups -OCH3 is 2.